The van der Waals surface area contributed by atoms with Crippen LogP contribution in [0.1, 0.15) is 13.8 Å². The third kappa shape index (κ3) is 3.36. The first-order valence-corrected chi connectivity index (χ1v) is 2.33. The van der Waals surface area contributed by atoms with Crippen LogP contribution in [0.15, 0.2) is 17.3 Å². The van der Waals surface area contributed by atoms with Crippen LogP contribution < -0.4 is 5.90 Å². The van der Waals surface area contributed by atoms with Gasteiger partial charge >= 0.3 is 0 Å². The van der Waals surface area contributed by atoms with Crippen molar-refractivity contribution >= 4 is 5.90 Å². The van der Waals surface area contributed by atoms with Gasteiger partial charge in [0.15, 0.2) is 0 Å². The van der Waals surface area contributed by atoms with Crippen LogP contribution in [-0.4, -0.2) is 5.90 Å². The molecule has 0 aliphatic heterocycles. The largest absolute Gasteiger partial charge is 0.396 e. The summed E-state index contributed by atoms with van der Waals surface area (Å²) in [6, 6.07) is 0. The van der Waals surface area contributed by atoms with Crippen molar-refractivity contribution in [2.24, 2.45) is 10.9 Å². The average Bonchev–Trinajstić information content (AvgIpc) is 1.83. The van der Waals surface area contributed by atoms with Crippen LogP contribution in [0.2, 0.25) is 0 Å². The number of aliphatic imine (C=N–C) groups is 1. The van der Waals surface area contributed by atoms with Gasteiger partial charge in [-0.1, -0.05) is 6.08 Å². The van der Waals surface area contributed by atoms with E-state index in [2.05, 4.69) is 9.83 Å². The fourth-order valence-corrected chi connectivity index (χ4v) is 0.210. The van der Waals surface area contributed by atoms with Crippen molar-refractivity contribution < 1.29 is 4.84 Å². The molecule has 0 spiro atoms. The van der Waals surface area contributed by atoms with E-state index in [0.717, 1.165) is 0 Å². The van der Waals surface area contributed by atoms with E-state index in [-0.39, 0.29) is 0 Å². The Labute approximate surface area is 48.8 Å². The zero-order chi connectivity index (χ0) is 6.41. The number of allylic oxidation sites excluding steroid dienone is 1. The zero-order valence-electron chi connectivity index (χ0n) is 5.09. The van der Waals surface area contributed by atoms with Gasteiger partial charge in [-0.25, -0.2) is 4.99 Å². The van der Waals surface area contributed by atoms with Crippen molar-refractivity contribution in [2.45, 2.75) is 13.8 Å². The van der Waals surface area contributed by atoms with Gasteiger partial charge in [-0.3, -0.25) is 0 Å². The summed E-state index contributed by atoms with van der Waals surface area (Å²) >= 11 is 0. The molecule has 8 heavy (non-hydrogen) atoms. The number of rotatable bonds is 1. The Bertz CT molecular complexity index is 107. The summed E-state index contributed by atoms with van der Waals surface area (Å²) < 4.78 is 0. The van der Waals surface area contributed by atoms with Crippen LogP contribution in [0.4, 0.5) is 0 Å². The smallest absolute Gasteiger partial charge is 0.210 e. The summed E-state index contributed by atoms with van der Waals surface area (Å²) in [5.41, 5.74) is 0. The summed E-state index contributed by atoms with van der Waals surface area (Å²) in [7, 11) is 0. The summed E-state index contributed by atoms with van der Waals surface area (Å²) in [5, 5.41) is 0. The van der Waals surface area contributed by atoms with Crippen LogP contribution >= 0.6 is 0 Å². The molecule has 0 saturated carbocycles. The molecule has 0 aromatic rings. The van der Waals surface area contributed by atoms with Crippen LogP contribution in [0, 0.1) is 0 Å². The molecule has 0 amide bonds. The van der Waals surface area contributed by atoms with Crippen molar-refractivity contribution in [1.29, 1.82) is 0 Å². The van der Waals surface area contributed by atoms with E-state index in [4.69, 9.17) is 5.90 Å². The van der Waals surface area contributed by atoms with Crippen molar-refractivity contribution in [2.75, 3.05) is 0 Å². The lowest BCUT2D eigenvalue weighted by Gasteiger charge is -1.89. The van der Waals surface area contributed by atoms with Gasteiger partial charge in [0.25, 0.3) is 0 Å². The van der Waals surface area contributed by atoms with Gasteiger partial charge in [-0.05, 0) is 6.92 Å². The summed E-state index contributed by atoms with van der Waals surface area (Å²) in [6.45, 7) is 3.55. The summed E-state index contributed by atoms with van der Waals surface area (Å²) in [6.07, 6.45) is 3.41. The second-order valence-corrected chi connectivity index (χ2v) is 1.25. The minimum atomic E-state index is 0.461. The Morgan fingerprint density at radius 1 is 1.75 bits per heavy atom. The molecule has 0 aliphatic carbocycles. The van der Waals surface area contributed by atoms with E-state index in [9.17, 15) is 0 Å². The first kappa shape index (κ1) is 7.17. The molecule has 0 saturated heterocycles. The molecule has 0 aromatic heterocycles. The van der Waals surface area contributed by atoms with Crippen LogP contribution in [0.5, 0.6) is 0 Å². The molecule has 0 heterocycles. The molecule has 0 radical (unpaired) electrons. The van der Waals surface area contributed by atoms with Gasteiger partial charge < -0.3 is 4.84 Å². The molecule has 0 bridgehead atoms. The number of nitrogens with two attached hydrogens (primary N) is 1. The Kier molecular flexibility index (Phi) is 3.88. The first-order valence-electron chi connectivity index (χ1n) is 2.33. The lowest BCUT2D eigenvalue weighted by molar-refractivity contribution is 0.318. The van der Waals surface area contributed by atoms with E-state index in [1.807, 2.05) is 6.92 Å². The van der Waals surface area contributed by atoms with Gasteiger partial charge in [0.05, 0.1) is 0 Å². The third-order valence-corrected chi connectivity index (χ3v) is 0.576. The maximum Gasteiger partial charge on any atom is 0.210 e. The number of hydrogen-bond donors (Lipinski definition) is 1. The molecule has 46 valence electrons. The zero-order valence-corrected chi connectivity index (χ0v) is 5.09. The monoisotopic (exact) mass is 114 g/mol. The van der Waals surface area contributed by atoms with Gasteiger partial charge in [-0.15, -0.1) is 0 Å². The highest BCUT2D eigenvalue weighted by atomic mass is 16.6. The van der Waals surface area contributed by atoms with E-state index in [1.165, 1.54) is 0 Å². The molecule has 0 aromatic carbocycles. The van der Waals surface area contributed by atoms with E-state index in [1.54, 1.807) is 19.2 Å². The minimum Gasteiger partial charge on any atom is -0.396 e. The predicted octanol–water partition coefficient (Wildman–Crippen LogP) is 0.829. The first-order chi connectivity index (χ1) is 3.81. The van der Waals surface area contributed by atoms with E-state index in [0.29, 0.717) is 5.90 Å². The fourth-order valence-electron chi connectivity index (χ4n) is 0.210. The molecule has 0 fully saturated rings. The third-order valence-electron chi connectivity index (χ3n) is 0.576. The maximum absolute atomic E-state index is 4.75. The maximum atomic E-state index is 4.75. The Morgan fingerprint density at radius 2 is 2.38 bits per heavy atom. The predicted molar refractivity (Wildman–Crippen MR) is 33.2 cm³/mol. The van der Waals surface area contributed by atoms with Crippen molar-refractivity contribution in [3.63, 3.8) is 0 Å². The average molecular weight is 114 g/mol. The summed E-state index contributed by atoms with van der Waals surface area (Å²) in [5.74, 6) is 5.21. The SMILES string of the molecule is C/C=C/N=C(\C)ON. The van der Waals surface area contributed by atoms with Gasteiger partial charge in [-0.2, -0.15) is 5.90 Å². The summed E-state index contributed by atoms with van der Waals surface area (Å²) in [4.78, 5) is 8.00. The van der Waals surface area contributed by atoms with Gasteiger partial charge in [0.1, 0.15) is 0 Å². The molecule has 3 heteroatoms. The fraction of sp³-hybridized carbons (Fsp3) is 0.400. The standard InChI is InChI=1S/C5H10N2O/c1-3-4-7-5(2)8-6/h3-4H,6H2,1-2H3/b4-3+,7-5+. The number of nitrogens with zero attached hydrogens (tertiary/aromatic N) is 1. The second kappa shape index (κ2) is 4.33. The normalized spacial score (nSPS) is 12.6. The van der Waals surface area contributed by atoms with Crippen molar-refractivity contribution in [3.8, 4) is 0 Å². The lowest BCUT2D eigenvalue weighted by atomic mass is 10.7. The number of hydrogen-bond acceptors (Lipinski definition) is 3. The molecule has 0 atom stereocenters. The van der Waals surface area contributed by atoms with E-state index >= 15 is 0 Å². The second-order valence-electron chi connectivity index (χ2n) is 1.25. The Morgan fingerprint density at radius 3 is 2.75 bits per heavy atom. The highest BCUT2D eigenvalue weighted by Gasteiger charge is 1.78. The quantitative estimate of drug-likeness (QED) is 0.312. The molecule has 3 nitrogen and oxygen atoms in total. The van der Waals surface area contributed by atoms with Crippen molar-refractivity contribution in [1.82, 2.24) is 0 Å². The van der Waals surface area contributed by atoms with Crippen LogP contribution in [0.25, 0.3) is 0 Å². The van der Waals surface area contributed by atoms with Gasteiger partial charge in [0.2, 0.25) is 5.90 Å². The van der Waals surface area contributed by atoms with Crippen LogP contribution in [0.3, 0.4) is 0 Å². The molecule has 0 aliphatic rings. The Hall–Kier alpha value is -0.830. The topological polar surface area (TPSA) is 47.6 Å². The minimum absolute atomic E-state index is 0.461. The lowest BCUT2D eigenvalue weighted by Crippen LogP contribution is -2.04. The Balaban J connectivity index is 3.57. The molecular weight excluding hydrogens is 104 g/mol. The molecule has 0 unspecified atom stereocenters. The molecular formula is C5H10N2O. The highest BCUT2D eigenvalue weighted by Crippen LogP contribution is 1.77. The van der Waals surface area contributed by atoms with Crippen molar-refractivity contribution in [3.05, 3.63) is 12.3 Å². The van der Waals surface area contributed by atoms with Gasteiger partial charge in [0, 0.05) is 13.1 Å². The molecule has 2 N–H and O–H groups in total. The van der Waals surface area contributed by atoms with E-state index < -0.39 is 0 Å². The molecule has 0 rings (SSSR count). The highest BCUT2D eigenvalue weighted by molar-refractivity contribution is 5.73. The van der Waals surface area contributed by atoms with Crippen LogP contribution in [-0.2, 0) is 4.84 Å².